The number of hydrogen-bond donors (Lipinski definition) is 0. The molecule has 0 aliphatic rings. The van der Waals surface area contributed by atoms with Gasteiger partial charge in [-0.15, -0.1) is 0 Å². The van der Waals surface area contributed by atoms with Gasteiger partial charge in [0.1, 0.15) is 6.29 Å². The van der Waals surface area contributed by atoms with Crippen LogP contribution in [0.25, 0.3) is 0 Å². The Morgan fingerprint density at radius 2 is 1.80 bits per heavy atom. The zero-order valence-electron chi connectivity index (χ0n) is 14.1. The predicted molar refractivity (Wildman–Crippen MR) is 81.5 cm³/mol. The Balaban J connectivity index is 5.20. The van der Waals surface area contributed by atoms with Gasteiger partial charge in [0.05, 0.1) is 12.1 Å². The van der Waals surface area contributed by atoms with Crippen LogP contribution in [0.4, 0.5) is 0 Å². The first-order valence-corrected chi connectivity index (χ1v) is 7.54. The average molecular weight is 285 g/mol. The average Bonchev–Trinajstić information content (AvgIpc) is 2.44. The Kier molecular flexibility index (Phi) is 8.70. The Labute approximate surface area is 123 Å². The summed E-state index contributed by atoms with van der Waals surface area (Å²) in [6.45, 7) is 10.3. The van der Waals surface area contributed by atoms with Crippen LogP contribution in [-0.2, 0) is 14.3 Å². The fourth-order valence-electron chi connectivity index (χ4n) is 2.46. The molecule has 0 fully saturated rings. The molecule has 0 radical (unpaired) electrons. The fourth-order valence-corrected chi connectivity index (χ4v) is 2.46. The molecule has 0 saturated heterocycles. The van der Waals surface area contributed by atoms with E-state index < -0.39 is 0 Å². The highest BCUT2D eigenvalue weighted by Gasteiger charge is 2.34. The zero-order valence-corrected chi connectivity index (χ0v) is 14.1. The largest absolute Gasteiger partial charge is 0.379 e. The Morgan fingerprint density at radius 3 is 2.15 bits per heavy atom. The molecule has 0 aromatic carbocycles. The van der Waals surface area contributed by atoms with E-state index in [2.05, 4.69) is 13.8 Å². The molecule has 0 bridgehead atoms. The quantitative estimate of drug-likeness (QED) is 0.612. The SMILES string of the molecule is CC[C@H](C)[C@@H]([C@@H](CC=O)OC)N(C)C(=O)[C@@H](C)C(C)C. The molecule has 4 atom stereocenters. The van der Waals surface area contributed by atoms with Crippen molar-refractivity contribution < 1.29 is 14.3 Å². The van der Waals surface area contributed by atoms with E-state index in [-0.39, 0.29) is 29.9 Å². The predicted octanol–water partition coefficient (Wildman–Crippen LogP) is 2.76. The van der Waals surface area contributed by atoms with Crippen molar-refractivity contribution in [3.63, 3.8) is 0 Å². The van der Waals surface area contributed by atoms with Gasteiger partial charge in [-0.3, -0.25) is 4.79 Å². The molecule has 0 aromatic heterocycles. The van der Waals surface area contributed by atoms with Gasteiger partial charge in [0, 0.05) is 26.5 Å². The molecule has 0 N–H and O–H groups in total. The number of carbonyl (C=O) groups excluding carboxylic acids is 2. The van der Waals surface area contributed by atoms with Crippen LogP contribution in [-0.4, -0.2) is 43.4 Å². The van der Waals surface area contributed by atoms with E-state index >= 15 is 0 Å². The third kappa shape index (κ3) is 4.89. The molecule has 118 valence electrons. The maximum Gasteiger partial charge on any atom is 0.225 e. The number of likely N-dealkylation sites (N-methyl/N-ethyl adjacent to an activating group) is 1. The van der Waals surface area contributed by atoms with Gasteiger partial charge >= 0.3 is 0 Å². The highest BCUT2D eigenvalue weighted by Crippen LogP contribution is 2.24. The zero-order chi connectivity index (χ0) is 15.9. The molecule has 1 amide bonds. The second-order valence-electron chi connectivity index (χ2n) is 6.03. The summed E-state index contributed by atoms with van der Waals surface area (Å²) in [6, 6.07) is -0.0658. The van der Waals surface area contributed by atoms with Crippen molar-refractivity contribution >= 4 is 12.2 Å². The van der Waals surface area contributed by atoms with Gasteiger partial charge in [0.15, 0.2) is 0 Å². The number of aldehydes is 1. The van der Waals surface area contributed by atoms with Crippen molar-refractivity contribution in [2.24, 2.45) is 17.8 Å². The number of methoxy groups -OCH3 is 1. The Morgan fingerprint density at radius 1 is 1.25 bits per heavy atom. The maximum atomic E-state index is 12.6. The maximum absolute atomic E-state index is 12.6. The van der Waals surface area contributed by atoms with Gasteiger partial charge in [-0.2, -0.15) is 0 Å². The Bertz CT molecular complexity index is 304. The van der Waals surface area contributed by atoms with Crippen molar-refractivity contribution in [3.05, 3.63) is 0 Å². The minimum atomic E-state index is -0.240. The highest BCUT2D eigenvalue weighted by molar-refractivity contribution is 5.79. The molecular weight excluding hydrogens is 254 g/mol. The van der Waals surface area contributed by atoms with Crippen LogP contribution in [0.2, 0.25) is 0 Å². The molecule has 0 rings (SSSR count). The van der Waals surface area contributed by atoms with Crippen molar-refractivity contribution in [2.75, 3.05) is 14.2 Å². The smallest absolute Gasteiger partial charge is 0.225 e. The molecule has 4 nitrogen and oxygen atoms in total. The van der Waals surface area contributed by atoms with E-state index in [0.717, 1.165) is 12.7 Å². The third-order valence-corrected chi connectivity index (χ3v) is 4.42. The molecule has 0 saturated carbocycles. The van der Waals surface area contributed by atoms with E-state index in [0.29, 0.717) is 12.3 Å². The van der Waals surface area contributed by atoms with Crippen LogP contribution in [0.5, 0.6) is 0 Å². The van der Waals surface area contributed by atoms with Gasteiger partial charge in [-0.25, -0.2) is 0 Å². The highest BCUT2D eigenvalue weighted by atomic mass is 16.5. The number of amides is 1. The number of ether oxygens (including phenoxy) is 1. The minimum Gasteiger partial charge on any atom is -0.379 e. The van der Waals surface area contributed by atoms with Gasteiger partial charge < -0.3 is 14.4 Å². The standard InChI is InChI=1S/C16H31NO3/c1-8-12(4)15(14(20-7)9-10-18)17(6)16(19)13(5)11(2)3/h10-15H,8-9H2,1-7H3/t12-,13-,14+,15-/m0/s1. The summed E-state index contributed by atoms with van der Waals surface area (Å²) in [5.41, 5.74) is 0. The van der Waals surface area contributed by atoms with Gasteiger partial charge in [0.25, 0.3) is 0 Å². The lowest BCUT2D eigenvalue weighted by Crippen LogP contribution is -2.51. The van der Waals surface area contributed by atoms with Crippen molar-refractivity contribution in [1.82, 2.24) is 4.90 Å². The lowest BCUT2D eigenvalue weighted by molar-refractivity contribution is -0.142. The summed E-state index contributed by atoms with van der Waals surface area (Å²) in [5, 5.41) is 0. The summed E-state index contributed by atoms with van der Waals surface area (Å²) in [4.78, 5) is 25.2. The monoisotopic (exact) mass is 285 g/mol. The number of hydrogen-bond acceptors (Lipinski definition) is 3. The van der Waals surface area contributed by atoms with Crippen LogP contribution < -0.4 is 0 Å². The Hall–Kier alpha value is -0.900. The molecule has 20 heavy (non-hydrogen) atoms. The molecule has 0 heterocycles. The minimum absolute atomic E-state index is 0.0275. The van der Waals surface area contributed by atoms with Crippen LogP contribution in [0, 0.1) is 17.8 Å². The normalized spacial score (nSPS) is 17.4. The topological polar surface area (TPSA) is 46.6 Å². The lowest BCUT2D eigenvalue weighted by Gasteiger charge is -2.38. The number of carbonyl (C=O) groups is 2. The molecular formula is C16H31NO3. The van der Waals surface area contributed by atoms with Crippen LogP contribution in [0.1, 0.15) is 47.5 Å². The summed E-state index contributed by atoms with van der Waals surface area (Å²) in [6.07, 6.45) is 1.89. The number of rotatable bonds is 9. The van der Waals surface area contributed by atoms with E-state index in [9.17, 15) is 9.59 Å². The van der Waals surface area contributed by atoms with Crippen LogP contribution >= 0.6 is 0 Å². The summed E-state index contributed by atoms with van der Waals surface area (Å²) in [5.74, 6) is 0.682. The van der Waals surface area contributed by atoms with E-state index in [4.69, 9.17) is 4.74 Å². The van der Waals surface area contributed by atoms with Crippen molar-refractivity contribution in [2.45, 2.75) is 59.6 Å². The molecule has 0 spiro atoms. The van der Waals surface area contributed by atoms with Gasteiger partial charge in [0.2, 0.25) is 5.91 Å². The summed E-state index contributed by atoms with van der Waals surface area (Å²) in [7, 11) is 3.43. The summed E-state index contributed by atoms with van der Waals surface area (Å²) >= 11 is 0. The lowest BCUT2D eigenvalue weighted by atomic mass is 9.89. The third-order valence-electron chi connectivity index (χ3n) is 4.42. The van der Waals surface area contributed by atoms with Gasteiger partial charge in [-0.05, 0) is 11.8 Å². The summed E-state index contributed by atoms with van der Waals surface area (Å²) < 4.78 is 5.46. The van der Waals surface area contributed by atoms with Crippen molar-refractivity contribution in [3.8, 4) is 0 Å². The first-order valence-electron chi connectivity index (χ1n) is 7.54. The van der Waals surface area contributed by atoms with Crippen molar-refractivity contribution in [1.29, 1.82) is 0 Å². The molecule has 0 aliphatic carbocycles. The molecule has 4 heteroatoms. The van der Waals surface area contributed by atoms with Crippen LogP contribution in [0.15, 0.2) is 0 Å². The molecule has 0 aliphatic heterocycles. The fraction of sp³-hybridized carbons (Fsp3) is 0.875. The molecule has 0 unspecified atom stereocenters. The second-order valence-corrected chi connectivity index (χ2v) is 6.03. The number of nitrogens with zero attached hydrogens (tertiary/aromatic N) is 1. The second kappa shape index (κ2) is 9.11. The van der Waals surface area contributed by atoms with E-state index in [1.165, 1.54) is 0 Å². The van der Waals surface area contributed by atoms with E-state index in [1.807, 2.05) is 27.8 Å². The van der Waals surface area contributed by atoms with Gasteiger partial charge in [-0.1, -0.05) is 41.0 Å². The first-order chi connectivity index (χ1) is 9.31. The first kappa shape index (κ1) is 19.1. The molecule has 0 aromatic rings. The van der Waals surface area contributed by atoms with Crippen LogP contribution in [0.3, 0.4) is 0 Å². The van der Waals surface area contributed by atoms with E-state index in [1.54, 1.807) is 12.0 Å².